The van der Waals surface area contributed by atoms with Crippen molar-refractivity contribution in [3.8, 4) is 0 Å². The van der Waals surface area contributed by atoms with Crippen molar-refractivity contribution in [2.45, 2.75) is 39.7 Å². The Morgan fingerprint density at radius 1 is 1.09 bits per heavy atom. The molecular formula is C18H24N4O. The fourth-order valence-corrected chi connectivity index (χ4v) is 3.05. The molecule has 0 aliphatic carbocycles. The molecule has 1 atom stereocenters. The van der Waals surface area contributed by atoms with Crippen LogP contribution in [0.1, 0.15) is 29.5 Å². The van der Waals surface area contributed by atoms with Gasteiger partial charge in [-0.25, -0.2) is 9.97 Å². The van der Waals surface area contributed by atoms with Crippen LogP contribution in [0, 0.1) is 20.8 Å². The first kappa shape index (κ1) is 15.7. The number of nitrogens with zero attached hydrogens (tertiary/aromatic N) is 2. The molecule has 1 saturated heterocycles. The number of anilines is 3. The minimum Gasteiger partial charge on any atom is -0.376 e. The van der Waals surface area contributed by atoms with Gasteiger partial charge in [-0.2, -0.15) is 0 Å². The highest BCUT2D eigenvalue weighted by atomic mass is 16.5. The third-order valence-electron chi connectivity index (χ3n) is 4.13. The third-order valence-corrected chi connectivity index (χ3v) is 4.13. The van der Waals surface area contributed by atoms with Crippen LogP contribution >= 0.6 is 0 Å². The molecule has 2 N–H and O–H groups in total. The first-order valence-electron chi connectivity index (χ1n) is 8.14. The van der Waals surface area contributed by atoms with Crippen LogP contribution in [-0.4, -0.2) is 29.2 Å². The van der Waals surface area contributed by atoms with Gasteiger partial charge in [0.15, 0.2) is 0 Å². The molecule has 1 aromatic heterocycles. The molecule has 5 heteroatoms. The maximum atomic E-state index is 5.62. The van der Waals surface area contributed by atoms with Crippen molar-refractivity contribution in [3.05, 3.63) is 41.2 Å². The van der Waals surface area contributed by atoms with Crippen LogP contribution in [0.25, 0.3) is 0 Å². The summed E-state index contributed by atoms with van der Waals surface area (Å²) in [5.41, 5.74) is 4.82. The summed E-state index contributed by atoms with van der Waals surface area (Å²) in [6.07, 6.45) is 4.14. The van der Waals surface area contributed by atoms with Gasteiger partial charge in [-0.3, -0.25) is 0 Å². The Hall–Kier alpha value is -2.14. The fourth-order valence-electron chi connectivity index (χ4n) is 3.05. The Morgan fingerprint density at radius 2 is 1.83 bits per heavy atom. The summed E-state index contributed by atoms with van der Waals surface area (Å²) in [6.45, 7) is 8.00. The second-order valence-electron chi connectivity index (χ2n) is 6.20. The molecule has 0 amide bonds. The van der Waals surface area contributed by atoms with Gasteiger partial charge in [0.1, 0.15) is 18.0 Å². The van der Waals surface area contributed by atoms with E-state index in [1.165, 1.54) is 16.7 Å². The van der Waals surface area contributed by atoms with Gasteiger partial charge in [-0.1, -0.05) is 17.7 Å². The lowest BCUT2D eigenvalue weighted by Gasteiger charge is -2.15. The van der Waals surface area contributed by atoms with Crippen molar-refractivity contribution < 1.29 is 4.74 Å². The smallest absolute Gasteiger partial charge is 0.135 e. The number of nitrogens with one attached hydrogen (secondary N) is 2. The largest absolute Gasteiger partial charge is 0.376 e. The molecule has 122 valence electrons. The van der Waals surface area contributed by atoms with Gasteiger partial charge in [-0.05, 0) is 44.7 Å². The average molecular weight is 312 g/mol. The van der Waals surface area contributed by atoms with Gasteiger partial charge in [0.05, 0.1) is 6.10 Å². The Labute approximate surface area is 137 Å². The lowest BCUT2D eigenvalue weighted by Crippen LogP contribution is -2.19. The summed E-state index contributed by atoms with van der Waals surface area (Å²) in [5, 5.41) is 6.75. The van der Waals surface area contributed by atoms with E-state index < -0.39 is 0 Å². The molecule has 1 unspecified atom stereocenters. The van der Waals surface area contributed by atoms with Gasteiger partial charge in [0.25, 0.3) is 0 Å². The predicted molar refractivity (Wildman–Crippen MR) is 93.4 cm³/mol. The quantitative estimate of drug-likeness (QED) is 0.881. The lowest BCUT2D eigenvalue weighted by atomic mass is 10.1. The summed E-state index contributed by atoms with van der Waals surface area (Å²) in [5.74, 6) is 1.62. The van der Waals surface area contributed by atoms with Gasteiger partial charge >= 0.3 is 0 Å². The summed E-state index contributed by atoms with van der Waals surface area (Å²) >= 11 is 0. The van der Waals surface area contributed by atoms with Crippen LogP contribution in [0.4, 0.5) is 17.3 Å². The van der Waals surface area contributed by atoms with E-state index in [9.17, 15) is 0 Å². The molecule has 5 nitrogen and oxygen atoms in total. The van der Waals surface area contributed by atoms with Crippen LogP contribution in [0.15, 0.2) is 24.5 Å². The number of benzene rings is 1. The molecule has 0 bridgehead atoms. The average Bonchev–Trinajstić information content (AvgIpc) is 3.03. The highest BCUT2D eigenvalue weighted by molar-refractivity contribution is 5.66. The van der Waals surface area contributed by atoms with E-state index in [1.807, 2.05) is 6.07 Å². The summed E-state index contributed by atoms with van der Waals surface area (Å²) in [7, 11) is 0. The van der Waals surface area contributed by atoms with E-state index in [2.05, 4.69) is 53.5 Å². The van der Waals surface area contributed by atoms with E-state index in [4.69, 9.17) is 4.74 Å². The van der Waals surface area contributed by atoms with Crippen LogP contribution in [0.5, 0.6) is 0 Å². The number of rotatable bonds is 5. The zero-order valence-corrected chi connectivity index (χ0v) is 14.0. The molecule has 1 aliphatic rings. The molecule has 0 spiro atoms. The summed E-state index contributed by atoms with van der Waals surface area (Å²) in [6, 6.07) is 6.29. The molecule has 0 saturated carbocycles. The molecular weight excluding hydrogens is 288 g/mol. The fraction of sp³-hybridized carbons (Fsp3) is 0.444. The van der Waals surface area contributed by atoms with Crippen LogP contribution < -0.4 is 10.6 Å². The minimum atomic E-state index is 0.294. The van der Waals surface area contributed by atoms with Crippen molar-refractivity contribution in [1.82, 2.24) is 9.97 Å². The molecule has 1 aromatic carbocycles. The zero-order chi connectivity index (χ0) is 16.2. The normalized spacial score (nSPS) is 17.3. The second-order valence-corrected chi connectivity index (χ2v) is 6.20. The monoisotopic (exact) mass is 312 g/mol. The Kier molecular flexibility index (Phi) is 4.76. The lowest BCUT2D eigenvalue weighted by molar-refractivity contribution is 0.120. The molecule has 23 heavy (non-hydrogen) atoms. The summed E-state index contributed by atoms with van der Waals surface area (Å²) in [4.78, 5) is 8.61. The predicted octanol–water partition coefficient (Wildman–Crippen LogP) is 3.74. The number of hydrogen-bond donors (Lipinski definition) is 2. The summed E-state index contributed by atoms with van der Waals surface area (Å²) < 4.78 is 5.62. The van der Waals surface area contributed by atoms with E-state index in [1.54, 1.807) is 6.33 Å². The van der Waals surface area contributed by atoms with Crippen molar-refractivity contribution in [1.29, 1.82) is 0 Å². The van der Waals surface area contributed by atoms with Gasteiger partial charge < -0.3 is 15.4 Å². The minimum absolute atomic E-state index is 0.294. The van der Waals surface area contributed by atoms with Crippen molar-refractivity contribution in [2.24, 2.45) is 0 Å². The van der Waals surface area contributed by atoms with E-state index >= 15 is 0 Å². The van der Waals surface area contributed by atoms with Crippen molar-refractivity contribution in [2.75, 3.05) is 23.8 Å². The first-order chi connectivity index (χ1) is 11.1. The van der Waals surface area contributed by atoms with Crippen molar-refractivity contribution in [3.63, 3.8) is 0 Å². The zero-order valence-electron chi connectivity index (χ0n) is 14.0. The second kappa shape index (κ2) is 6.96. The standard InChI is InChI=1S/C18H24N4O/c1-12-7-13(2)18(14(3)8-12)22-17-9-16(20-11-21-17)19-10-15-5-4-6-23-15/h7-9,11,15H,4-6,10H2,1-3H3,(H2,19,20,21,22). The maximum Gasteiger partial charge on any atom is 0.135 e. The molecule has 3 rings (SSSR count). The molecule has 0 radical (unpaired) electrons. The van der Waals surface area contributed by atoms with Gasteiger partial charge in [0, 0.05) is 24.9 Å². The van der Waals surface area contributed by atoms with Gasteiger partial charge in [-0.15, -0.1) is 0 Å². The SMILES string of the molecule is Cc1cc(C)c(Nc2cc(NCC3CCCO3)ncn2)c(C)c1. The topological polar surface area (TPSA) is 59.1 Å². The molecule has 2 aromatic rings. The molecule has 1 aliphatic heterocycles. The number of aromatic nitrogens is 2. The Morgan fingerprint density at radius 3 is 2.52 bits per heavy atom. The number of aryl methyl sites for hydroxylation is 3. The highest BCUT2D eigenvalue weighted by Gasteiger charge is 2.15. The number of hydrogen-bond acceptors (Lipinski definition) is 5. The van der Waals surface area contributed by atoms with E-state index in [-0.39, 0.29) is 0 Å². The maximum absolute atomic E-state index is 5.62. The molecule has 1 fully saturated rings. The van der Waals surface area contributed by atoms with Gasteiger partial charge in [0.2, 0.25) is 0 Å². The molecule has 2 heterocycles. The van der Waals surface area contributed by atoms with Crippen LogP contribution in [0.2, 0.25) is 0 Å². The number of ether oxygens (including phenoxy) is 1. The van der Waals surface area contributed by atoms with E-state index in [0.717, 1.165) is 43.3 Å². The Balaban J connectivity index is 1.70. The van der Waals surface area contributed by atoms with E-state index in [0.29, 0.717) is 6.10 Å². The van der Waals surface area contributed by atoms with Crippen LogP contribution in [-0.2, 0) is 4.74 Å². The Bertz CT molecular complexity index is 657. The van der Waals surface area contributed by atoms with Crippen molar-refractivity contribution >= 4 is 17.3 Å². The first-order valence-corrected chi connectivity index (χ1v) is 8.14. The third kappa shape index (κ3) is 3.99. The van der Waals surface area contributed by atoms with Crippen LogP contribution in [0.3, 0.4) is 0 Å². The highest BCUT2D eigenvalue weighted by Crippen LogP contribution is 2.25.